The number of carbonyl (C=O) groups excluding carboxylic acids is 4. The van der Waals surface area contributed by atoms with E-state index in [-0.39, 0.29) is 51.0 Å². The maximum Gasteiger partial charge on any atom is 0.355 e. The molecule has 2 saturated heterocycles. The van der Waals surface area contributed by atoms with Gasteiger partial charge < -0.3 is 39.4 Å². The lowest BCUT2D eigenvalue weighted by molar-refractivity contribution is -0.189. The molecule has 0 aliphatic carbocycles. The van der Waals surface area contributed by atoms with E-state index in [2.05, 4.69) is 40.4 Å². The molecule has 0 radical (unpaired) electrons. The summed E-state index contributed by atoms with van der Waals surface area (Å²) in [4.78, 5) is 68.9. The van der Waals surface area contributed by atoms with Crippen molar-refractivity contribution in [2.75, 3.05) is 40.4 Å². The summed E-state index contributed by atoms with van der Waals surface area (Å²) in [5.41, 5.74) is 6.26. The Balaban J connectivity index is 1.31. The lowest BCUT2D eigenvalue weighted by atomic mass is 9.84. The lowest BCUT2D eigenvalue weighted by Gasteiger charge is -2.40. The van der Waals surface area contributed by atoms with Gasteiger partial charge in [-0.25, -0.2) is 14.6 Å². The number of carbonyl (C=O) groups is 4. The molecule has 1 aromatic carbocycles. The molecule has 17 heteroatoms. The highest BCUT2D eigenvalue weighted by Crippen LogP contribution is 2.42. The first-order valence-corrected chi connectivity index (χ1v) is 22.4. The van der Waals surface area contributed by atoms with Crippen LogP contribution in [0.4, 0.5) is 4.79 Å². The summed E-state index contributed by atoms with van der Waals surface area (Å²) in [5.74, 6) is -2.39. The van der Waals surface area contributed by atoms with Gasteiger partial charge in [0, 0.05) is 92.2 Å². The van der Waals surface area contributed by atoms with Gasteiger partial charge in [0.2, 0.25) is 11.6 Å². The summed E-state index contributed by atoms with van der Waals surface area (Å²) < 4.78 is 14.0. The molecule has 3 aliphatic heterocycles. The van der Waals surface area contributed by atoms with Crippen LogP contribution in [0.3, 0.4) is 0 Å². The van der Waals surface area contributed by atoms with Crippen molar-refractivity contribution in [1.82, 2.24) is 40.1 Å². The summed E-state index contributed by atoms with van der Waals surface area (Å²) >= 11 is 1.36. The molecule has 2 fully saturated rings. The number of hydrogen-bond acceptors (Lipinski definition) is 12. The number of cyclic esters (lactones) is 1. The number of amides is 4. The number of thiazole rings is 1. The number of fused-ring (bicyclic) bond motifs is 6. The van der Waals surface area contributed by atoms with E-state index in [1.165, 1.54) is 26.1 Å². The van der Waals surface area contributed by atoms with E-state index in [1.807, 2.05) is 52.1 Å². The Hall–Kier alpha value is -4.94. The smallest absolute Gasteiger partial charge is 0.355 e. The van der Waals surface area contributed by atoms with Gasteiger partial charge in [-0.1, -0.05) is 33.8 Å². The zero-order chi connectivity index (χ0) is 44.7. The fraction of sp³-hybridized carbons (Fsp3) is 0.556. The van der Waals surface area contributed by atoms with E-state index in [0.717, 1.165) is 39.0 Å². The van der Waals surface area contributed by atoms with Crippen LogP contribution in [0.1, 0.15) is 83.2 Å². The van der Waals surface area contributed by atoms with Gasteiger partial charge in [0.05, 0.1) is 40.9 Å². The molecule has 3 aromatic heterocycles. The first kappa shape index (κ1) is 45.1. The molecular weight excluding hydrogens is 813 g/mol. The number of aryl methyl sites for hydroxylation is 1. The van der Waals surface area contributed by atoms with Crippen molar-refractivity contribution in [1.29, 1.82) is 0 Å². The number of aliphatic hydroxyl groups is 2. The molecule has 0 saturated carbocycles. The predicted molar refractivity (Wildman–Crippen MR) is 234 cm³/mol. The first-order chi connectivity index (χ1) is 29.4. The molecule has 4 N–H and O–H groups in total. The quantitative estimate of drug-likeness (QED) is 0.180. The molecule has 4 amide bonds. The monoisotopic (exact) mass is 872 g/mol. The standard InChI is InChI=1S/C45H60N8O8S/c1-9-52-35-14-13-28-20-31(35)32(39(52)30-12-10-17-46-37(30)27(4)60-8)22-44(5,6)25-61-42(57)45(59)16-11-18-53(49-45)41(56)33(21-36-47-34(28)24-62-36)48-40(55)38(26(2)3)50(7)43(58)51-19-15-29(54)23-51/h10,12-14,17,20,24,26-27,29,33,38,49,54,59H,9,11,15-16,18-19,21-23,25H2,1-8H3,(H,48,55)/t27-,29+,33-,38-,45-/m0/s1. The Morgan fingerprint density at radius 1 is 1.18 bits per heavy atom. The normalized spacial score (nSPS) is 23.0. The highest BCUT2D eigenvalue weighted by atomic mass is 32.1. The van der Waals surface area contributed by atoms with Crippen molar-refractivity contribution in [2.45, 2.75) is 110 Å². The molecule has 62 heavy (non-hydrogen) atoms. The van der Waals surface area contributed by atoms with Crippen LogP contribution in [0.25, 0.3) is 33.4 Å². The number of esters is 1. The van der Waals surface area contributed by atoms with Gasteiger partial charge in [-0.15, -0.1) is 11.3 Å². The third-order valence-electron chi connectivity index (χ3n) is 12.3. The second-order valence-electron chi connectivity index (χ2n) is 18.0. The minimum Gasteiger partial charge on any atom is -0.462 e. The number of benzene rings is 1. The van der Waals surface area contributed by atoms with Crippen LogP contribution in [0.2, 0.25) is 0 Å². The van der Waals surface area contributed by atoms with Crippen molar-refractivity contribution >= 4 is 46.1 Å². The molecule has 5 atom stereocenters. The number of hydrogen-bond donors (Lipinski definition) is 4. The van der Waals surface area contributed by atoms with E-state index in [1.54, 1.807) is 20.4 Å². The van der Waals surface area contributed by atoms with Gasteiger partial charge in [-0.2, -0.15) is 5.43 Å². The molecule has 7 rings (SSSR count). The largest absolute Gasteiger partial charge is 0.462 e. The number of β-amino-alcohol motifs (C(OH)–C–C–N with tert-alkyl or cyclic N) is 1. The Morgan fingerprint density at radius 3 is 2.65 bits per heavy atom. The molecular formula is C45H60N8O8S. The van der Waals surface area contributed by atoms with Gasteiger partial charge in [0.1, 0.15) is 12.1 Å². The molecule has 0 spiro atoms. The Morgan fingerprint density at radius 2 is 1.95 bits per heavy atom. The number of urea groups is 1. The molecule has 4 aromatic rings. The predicted octanol–water partition coefficient (Wildman–Crippen LogP) is 4.67. The van der Waals surface area contributed by atoms with E-state index in [4.69, 9.17) is 19.4 Å². The van der Waals surface area contributed by atoms with Crippen molar-refractivity contribution in [3.05, 3.63) is 58.2 Å². The number of ether oxygens (including phenoxy) is 2. The highest BCUT2D eigenvalue weighted by molar-refractivity contribution is 7.10. The first-order valence-electron chi connectivity index (χ1n) is 21.5. The fourth-order valence-electron chi connectivity index (χ4n) is 9.04. The third-order valence-corrected chi connectivity index (χ3v) is 13.2. The second-order valence-corrected chi connectivity index (χ2v) is 18.9. The van der Waals surface area contributed by atoms with Gasteiger partial charge in [-0.05, 0) is 68.9 Å². The summed E-state index contributed by atoms with van der Waals surface area (Å²) in [6.45, 7) is 13.1. The average molecular weight is 873 g/mol. The number of aromatic nitrogens is 3. The maximum atomic E-state index is 14.5. The zero-order valence-electron chi connectivity index (χ0n) is 36.9. The van der Waals surface area contributed by atoms with Crippen molar-refractivity contribution in [3.63, 3.8) is 0 Å². The molecule has 0 unspecified atom stereocenters. The van der Waals surface area contributed by atoms with Gasteiger partial charge in [-0.3, -0.25) is 19.6 Å². The molecule has 334 valence electrons. The van der Waals surface area contributed by atoms with Crippen LogP contribution in [-0.2, 0) is 43.2 Å². The SMILES string of the molecule is CCn1c(-c2cccnc2[C@H](C)OC)c2c3cc(ccc31)-c1csc(n1)C[C@H](NC(=O)[C@H](C(C)C)N(C)C(=O)N1CC[C@@H](O)C1)C(=O)N1CCC[C@@](O)(N1)C(=O)OCC(C)(C)C2. The Bertz CT molecular complexity index is 2330. The minimum absolute atomic E-state index is 0.00337. The van der Waals surface area contributed by atoms with Crippen LogP contribution in [0.5, 0.6) is 0 Å². The van der Waals surface area contributed by atoms with Crippen molar-refractivity contribution < 1.29 is 38.9 Å². The number of aliphatic hydroxyl groups excluding tert-OH is 1. The number of hydrazine groups is 1. The van der Waals surface area contributed by atoms with Gasteiger partial charge in [0.25, 0.3) is 5.91 Å². The van der Waals surface area contributed by atoms with E-state index in [9.17, 15) is 29.4 Å². The summed E-state index contributed by atoms with van der Waals surface area (Å²) in [6, 6.07) is 7.70. The molecule has 6 bridgehead atoms. The minimum atomic E-state index is -2.22. The summed E-state index contributed by atoms with van der Waals surface area (Å²) in [7, 11) is 3.21. The number of pyridine rings is 1. The van der Waals surface area contributed by atoms with E-state index >= 15 is 0 Å². The topological polar surface area (TPSA) is 192 Å². The van der Waals surface area contributed by atoms with Crippen LogP contribution >= 0.6 is 11.3 Å². The van der Waals surface area contributed by atoms with E-state index < -0.39 is 53.1 Å². The number of likely N-dealkylation sites (N-methyl/N-ethyl adjacent to an activating group) is 1. The third kappa shape index (κ3) is 8.95. The second kappa shape index (κ2) is 18.0. The fourth-order valence-corrected chi connectivity index (χ4v) is 9.89. The van der Waals surface area contributed by atoms with Crippen molar-refractivity contribution in [3.8, 4) is 22.5 Å². The van der Waals surface area contributed by atoms with Crippen LogP contribution in [-0.4, -0.2) is 128 Å². The highest BCUT2D eigenvalue weighted by Gasteiger charge is 2.46. The number of nitrogens with zero attached hydrogens (tertiary/aromatic N) is 6. The Kier molecular flexibility index (Phi) is 13.1. The molecule has 6 heterocycles. The van der Waals surface area contributed by atoms with Crippen LogP contribution in [0.15, 0.2) is 41.9 Å². The van der Waals surface area contributed by atoms with Crippen molar-refractivity contribution in [2.24, 2.45) is 11.3 Å². The maximum absolute atomic E-state index is 14.5. The Labute approximate surface area is 366 Å². The van der Waals surface area contributed by atoms with Crippen LogP contribution < -0.4 is 10.7 Å². The number of likely N-dealkylation sites (tertiary alicyclic amines) is 1. The molecule has 16 nitrogen and oxygen atoms in total. The van der Waals surface area contributed by atoms with E-state index in [0.29, 0.717) is 36.6 Å². The average Bonchev–Trinajstić information content (AvgIpc) is 3.98. The number of nitrogens with one attached hydrogen (secondary N) is 2. The number of rotatable bonds is 8. The summed E-state index contributed by atoms with van der Waals surface area (Å²) in [6.07, 6.45) is 2.07. The molecule has 3 aliphatic rings. The van der Waals surface area contributed by atoms with Crippen LogP contribution in [0, 0.1) is 11.3 Å². The van der Waals surface area contributed by atoms with Gasteiger partial charge >= 0.3 is 12.0 Å². The van der Waals surface area contributed by atoms with Gasteiger partial charge in [0.15, 0.2) is 0 Å². The summed E-state index contributed by atoms with van der Waals surface area (Å²) in [5, 5.41) is 29.5. The lowest BCUT2D eigenvalue weighted by Crippen LogP contribution is -2.67. The zero-order valence-corrected chi connectivity index (χ0v) is 37.8. The number of methoxy groups -OCH3 is 1.